The molecule has 0 aliphatic carbocycles. The zero-order chi connectivity index (χ0) is 12.1. The van der Waals surface area contributed by atoms with Crippen molar-refractivity contribution in [1.29, 1.82) is 5.26 Å². The lowest BCUT2D eigenvalue weighted by atomic mass is 10.1. The van der Waals surface area contributed by atoms with E-state index >= 15 is 0 Å². The van der Waals surface area contributed by atoms with Crippen LogP contribution in [0, 0.1) is 17.1 Å². The summed E-state index contributed by atoms with van der Waals surface area (Å²) in [5.41, 5.74) is 0.220. The second kappa shape index (κ2) is 5.47. The number of benzene rings is 1. The molecule has 86 valence electrons. The van der Waals surface area contributed by atoms with Crippen molar-refractivity contribution < 1.29 is 14.2 Å². The highest BCUT2D eigenvalue weighted by Crippen LogP contribution is 2.22. The third-order valence-electron chi connectivity index (χ3n) is 2.22. The van der Waals surface area contributed by atoms with Gasteiger partial charge in [-0.3, -0.25) is 0 Å². The van der Waals surface area contributed by atoms with Crippen molar-refractivity contribution in [3.05, 3.63) is 29.6 Å². The Kier molecular flexibility index (Phi) is 4.27. The van der Waals surface area contributed by atoms with Crippen molar-refractivity contribution in [3.8, 4) is 11.8 Å². The fraction of sp³-hybridized carbons (Fsp3) is 0.417. The Morgan fingerprint density at radius 2 is 2.25 bits per heavy atom. The molecule has 0 fully saturated rings. The molecule has 0 saturated heterocycles. The molecule has 0 aliphatic rings. The van der Waals surface area contributed by atoms with E-state index in [1.54, 1.807) is 6.07 Å². The van der Waals surface area contributed by atoms with Crippen molar-refractivity contribution in [2.75, 3.05) is 0 Å². The maximum Gasteiger partial charge on any atom is 0.184 e. The Morgan fingerprint density at radius 1 is 1.56 bits per heavy atom. The van der Waals surface area contributed by atoms with Crippen LogP contribution in [-0.2, 0) is 0 Å². The number of nitriles is 1. The molecule has 0 spiro atoms. The molecule has 16 heavy (non-hydrogen) atoms. The van der Waals surface area contributed by atoms with E-state index in [-0.39, 0.29) is 5.56 Å². The van der Waals surface area contributed by atoms with Gasteiger partial charge < -0.3 is 9.84 Å². The largest absolute Gasteiger partial charge is 0.475 e. The molecule has 4 heteroatoms. The lowest BCUT2D eigenvalue weighted by Crippen LogP contribution is -2.12. The standard InChI is InChI=1S/C12H14FNO2/c1-3-9(7-14)16-10-4-5-11(8(2)15)12(13)6-10/h4-6,8-9,15H,3H2,1-2H3. The summed E-state index contributed by atoms with van der Waals surface area (Å²) in [6.45, 7) is 3.30. The highest BCUT2D eigenvalue weighted by atomic mass is 19.1. The summed E-state index contributed by atoms with van der Waals surface area (Å²) in [6.07, 6.45) is -0.889. The molecule has 2 atom stereocenters. The van der Waals surface area contributed by atoms with Gasteiger partial charge in [0.15, 0.2) is 6.10 Å². The third-order valence-corrected chi connectivity index (χ3v) is 2.22. The minimum absolute atomic E-state index is 0.220. The van der Waals surface area contributed by atoms with Crippen molar-refractivity contribution in [2.45, 2.75) is 32.5 Å². The first-order valence-corrected chi connectivity index (χ1v) is 5.12. The van der Waals surface area contributed by atoms with Gasteiger partial charge in [-0.15, -0.1) is 0 Å². The molecule has 1 aromatic carbocycles. The zero-order valence-electron chi connectivity index (χ0n) is 9.27. The Morgan fingerprint density at radius 3 is 2.69 bits per heavy atom. The van der Waals surface area contributed by atoms with Crippen molar-refractivity contribution in [2.24, 2.45) is 0 Å². The van der Waals surface area contributed by atoms with Crippen LogP contribution in [0.2, 0.25) is 0 Å². The van der Waals surface area contributed by atoms with Gasteiger partial charge in [-0.05, 0) is 25.5 Å². The zero-order valence-corrected chi connectivity index (χ0v) is 9.27. The Bertz CT molecular complexity index is 398. The predicted molar refractivity (Wildman–Crippen MR) is 57.4 cm³/mol. The first kappa shape index (κ1) is 12.5. The normalized spacial score (nSPS) is 13.9. The molecule has 0 bridgehead atoms. The van der Waals surface area contributed by atoms with Crippen molar-refractivity contribution in [3.63, 3.8) is 0 Å². The SMILES string of the molecule is CCC(C#N)Oc1ccc(C(C)O)c(F)c1. The maximum absolute atomic E-state index is 13.4. The molecule has 0 radical (unpaired) electrons. The average Bonchev–Trinajstić information content (AvgIpc) is 2.25. The van der Waals surface area contributed by atoms with Crippen LogP contribution in [0.5, 0.6) is 5.75 Å². The van der Waals surface area contributed by atoms with E-state index in [0.29, 0.717) is 12.2 Å². The van der Waals surface area contributed by atoms with Gasteiger partial charge in [0.2, 0.25) is 0 Å². The fourth-order valence-corrected chi connectivity index (χ4v) is 1.29. The number of rotatable bonds is 4. The van der Waals surface area contributed by atoms with Crippen LogP contribution >= 0.6 is 0 Å². The highest BCUT2D eigenvalue weighted by molar-refractivity contribution is 5.30. The van der Waals surface area contributed by atoms with E-state index in [1.165, 1.54) is 19.1 Å². The summed E-state index contributed by atoms with van der Waals surface area (Å²) in [7, 11) is 0. The van der Waals surface area contributed by atoms with Gasteiger partial charge in [0, 0.05) is 11.6 Å². The van der Waals surface area contributed by atoms with Crippen molar-refractivity contribution in [1.82, 2.24) is 0 Å². The van der Waals surface area contributed by atoms with Gasteiger partial charge in [0.1, 0.15) is 17.6 Å². The van der Waals surface area contributed by atoms with E-state index < -0.39 is 18.0 Å². The van der Waals surface area contributed by atoms with Crippen LogP contribution in [0.3, 0.4) is 0 Å². The Hall–Kier alpha value is -1.60. The molecule has 0 amide bonds. The summed E-state index contributed by atoms with van der Waals surface area (Å²) in [5.74, 6) is -0.226. The molecule has 0 heterocycles. The van der Waals surface area contributed by atoms with Gasteiger partial charge in [-0.25, -0.2) is 4.39 Å². The topological polar surface area (TPSA) is 53.2 Å². The number of aliphatic hydroxyl groups excluding tert-OH is 1. The van der Waals surface area contributed by atoms with Crippen LogP contribution in [0.15, 0.2) is 18.2 Å². The molecule has 1 rings (SSSR count). The molecule has 2 unspecified atom stereocenters. The molecule has 0 saturated carbocycles. The number of hydrogen-bond donors (Lipinski definition) is 1. The summed E-state index contributed by atoms with van der Waals surface area (Å²) in [5, 5.41) is 17.9. The Labute approximate surface area is 94.1 Å². The number of aliphatic hydroxyl groups is 1. The minimum atomic E-state index is -0.855. The lowest BCUT2D eigenvalue weighted by Gasteiger charge is -2.12. The highest BCUT2D eigenvalue weighted by Gasteiger charge is 2.11. The summed E-state index contributed by atoms with van der Waals surface area (Å²) in [6, 6.07) is 6.15. The van der Waals surface area contributed by atoms with Crippen molar-refractivity contribution >= 4 is 0 Å². The fourth-order valence-electron chi connectivity index (χ4n) is 1.29. The van der Waals surface area contributed by atoms with Crippen LogP contribution < -0.4 is 4.74 Å². The summed E-state index contributed by atoms with van der Waals surface area (Å²) >= 11 is 0. The average molecular weight is 223 g/mol. The number of hydrogen-bond acceptors (Lipinski definition) is 3. The molecule has 1 N–H and O–H groups in total. The number of nitrogens with zero attached hydrogens (tertiary/aromatic N) is 1. The van der Waals surface area contributed by atoms with E-state index in [9.17, 15) is 9.50 Å². The number of ether oxygens (including phenoxy) is 1. The van der Waals surface area contributed by atoms with Gasteiger partial charge in [0.25, 0.3) is 0 Å². The molecular weight excluding hydrogens is 209 g/mol. The quantitative estimate of drug-likeness (QED) is 0.853. The Balaban J connectivity index is 2.86. The third kappa shape index (κ3) is 2.94. The monoisotopic (exact) mass is 223 g/mol. The first-order valence-electron chi connectivity index (χ1n) is 5.12. The lowest BCUT2D eigenvalue weighted by molar-refractivity contribution is 0.193. The van der Waals surface area contributed by atoms with Crippen LogP contribution in [0.25, 0.3) is 0 Å². The van der Waals surface area contributed by atoms with Gasteiger partial charge in [-0.1, -0.05) is 6.92 Å². The first-order chi connectivity index (χ1) is 7.58. The van der Waals surface area contributed by atoms with Gasteiger partial charge >= 0.3 is 0 Å². The van der Waals surface area contributed by atoms with E-state index in [1.807, 2.05) is 13.0 Å². The van der Waals surface area contributed by atoms with Crippen LogP contribution in [0.4, 0.5) is 4.39 Å². The van der Waals surface area contributed by atoms with Crippen LogP contribution in [0.1, 0.15) is 31.9 Å². The molecule has 0 aromatic heterocycles. The second-order valence-corrected chi connectivity index (χ2v) is 3.50. The van der Waals surface area contributed by atoms with Gasteiger partial charge in [-0.2, -0.15) is 5.26 Å². The molecule has 1 aromatic rings. The molecular formula is C12H14FNO2. The smallest absolute Gasteiger partial charge is 0.184 e. The summed E-state index contributed by atoms with van der Waals surface area (Å²) < 4.78 is 18.7. The van der Waals surface area contributed by atoms with Crippen LogP contribution in [-0.4, -0.2) is 11.2 Å². The maximum atomic E-state index is 13.4. The molecule has 3 nitrogen and oxygen atoms in total. The van der Waals surface area contributed by atoms with E-state index in [4.69, 9.17) is 10.00 Å². The van der Waals surface area contributed by atoms with E-state index in [0.717, 1.165) is 0 Å². The minimum Gasteiger partial charge on any atom is -0.475 e. The number of halogens is 1. The van der Waals surface area contributed by atoms with Gasteiger partial charge in [0.05, 0.1) is 6.10 Å². The molecule has 0 aliphatic heterocycles. The predicted octanol–water partition coefficient (Wildman–Crippen LogP) is 2.56. The van der Waals surface area contributed by atoms with E-state index in [2.05, 4.69) is 0 Å². The summed E-state index contributed by atoms with van der Waals surface area (Å²) in [4.78, 5) is 0. The second-order valence-electron chi connectivity index (χ2n) is 3.50.